The van der Waals surface area contributed by atoms with Crippen LogP contribution < -0.4 is 10.1 Å². The Bertz CT molecular complexity index is 581. The maximum Gasteiger partial charge on any atom is 0.387 e. The topological polar surface area (TPSA) is 49.9 Å². The highest BCUT2D eigenvalue weighted by molar-refractivity contribution is 5.60. The maximum atomic E-state index is 12.2. The predicted octanol–water partition coefficient (Wildman–Crippen LogP) is 2.93. The summed E-state index contributed by atoms with van der Waals surface area (Å²) in [6.07, 6.45) is 4.15. The molecule has 1 saturated carbocycles. The van der Waals surface area contributed by atoms with Crippen LogP contribution in [-0.2, 0) is 6.54 Å². The van der Waals surface area contributed by atoms with Crippen LogP contribution in [0.25, 0.3) is 11.3 Å². The normalized spacial score (nSPS) is 14.8. The van der Waals surface area contributed by atoms with Gasteiger partial charge in [0.05, 0.1) is 18.4 Å². The molecule has 0 aliphatic heterocycles. The van der Waals surface area contributed by atoms with Crippen LogP contribution in [0.5, 0.6) is 5.75 Å². The van der Waals surface area contributed by atoms with E-state index < -0.39 is 6.61 Å². The molecule has 1 aliphatic rings. The van der Waals surface area contributed by atoms with Gasteiger partial charge < -0.3 is 15.0 Å². The monoisotopic (exact) mass is 279 g/mol. The van der Waals surface area contributed by atoms with Crippen LogP contribution in [0.2, 0.25) is 0 Å². The molecular weight excluding hydrogens is 264 g/mol. The van der Waals surface area contributed by atoms with Crippen LogP contribution in [0.1, 0.15) is 18.7 Å². The van der Waals surface area contributed by atoms with Crippen molar-refractivity contribution >= 4 is 0 Å². The third-order valence-electron chi connectivity index (χ3n) is 3.13. The number of rotatable bonds is 6. The molecule has 4 nitrogen and oxygen atoms in total. The van der Waals surface area contributed by atoms with E-state index in [2.05, 4.69) is 20.0 Å². The molecule has 20 heavy (non-hydrogen) atoms. The highest BCUT2D eigenvalue weighted by Gasteiger charge is 2.20. The van der Waals surface area contributed by atoms with E-state index in [1.54, 1.807) is 18.3 Å². The molecule has 1 aromatic heterocycles. The minimum absolute atomic E-state index is 0.143. The van der Waals surface area contributed by atoms with Crippen molar-refractivity contribution in [2.75, 3.05) is 0 Å². The summed E-state index contributed by atoms with van der Waals surface area (Å²) in [5, 5.41) is 3.36. The molecule has 2 aromatic rings. The summed E-state index contributed by atoms with van der Waals surface area (Å²) < 4.78 is 28.8. The van der Waals surface area contributed by atoms with Gasteiger partial charge in [-0.1, -0.05) is 12.1 Å². The predicted molar refractivity (Wildman–Crippen MR) is 70.5 cm³/mol. The van der Waals surface area contributed by atoms with Crippen LogP contribution in [-0.4, -0.2) is 22.6 Å². The number of halogens is 2. The Morgan fingerprint density at radius 2 is 2.25 bits per heavy atom. The molecular formula is C14H15F2N3O. The lowest BCUT2D eigenvalue weighted by Gasteiger charge is -2.05. The molecule has 0 bridgehead atoms. The van der Waals surface area contributed by atoms with Gasteiger partial charge in [-0.3, -0.25) is 0 Å². The lowest BCUT2D eigenvalue weighted by atomic mass is 10.1. The third kappa shape index (κ3) is 3.33. The molecule has 0 radical (unpaired) electrons. The molecule has 6 heteroatoms. The van der Waals surface area contributed by atoms with Crippen LogP contribution in [0.15, 0.2) is 30.5 Å². The van der Waals surface area contributed by atoms with Crippen molar-refractivity contribution < 1.29 is 13.5 Å². The van der Waals surface area contributed by atoms with Gasteiger partial charge in [0.2, 0.25) is 0 Å². The Balaban J connectivity index is 1.71. The highest BCUT2D eigenvalue weighted by atomic mass is 19.3. The van der Waals surface area contributed by atoms with Gasteiger partial charge in [0.15, 0.2) is 0 Å². The first-order valence-electron chi connectivity index (χ1n) is 6.53. The van der Waals surface area contributed by atoms with Gasteiger partial charge in [0, 0.05) is 11.6 Å². The zero-order chi connectivity index (χ0) is 13.9. The fourth-order valence-electron chi connectivity index (χ4n) is 1.97. The van der Waals surface area contributed by atoms with E-state index in [1.165, 1.54) is 18.9 Å². The second-order valence-corrected chi connectivity index (χ2v) is 4.81. The minimum atomic E-state index is -2.81. The molecule has 1 aromatic carbocycles. The standard InChI is InChI=1S/C14H15F2N3O/c15-14(16)20-11-3-1-2-9(6-11)12-7-18-13(19-12)8-17-10-4-5-10/h1-3,6-7,10,14,17H,4-5,8H2,(H,18,19). The molecule has 1 fully saturated rings. The first-order chi connectivity index (χ1) is 9.70. The maximum absolute atomic E-state index is 12.2. The van der Waals surface area contributed by atoms with Gasteiger partial charge in [0.1, 0.15) is 11.6 Å². The summed E-state index contributed by atoms with van der Waals surface area (Å²) in [4.78, 5) is 7.45. The number of alkyl halides is 2. The Morgan fingerprint density at radius 1 is 1.40 bits per heavy atom. The Labute approximate surface area is 115 Å². The van der Waals surface area contributed by atoms with E-state index >= 15 is 0 Å². The Morgan fingerprint density at radius 3 is 3.00 bits per heavy atom. The first kappa shape index (κ1) is 13.1. The summed E-state index contributed by atoms with van der Waals surface area (Å²) in [6.45, 7) is -2.12. The van der Waals surface area contributed by atoms with Gasteiger partial charge in [-0.25, -0.2) is 4.98 Å². The zero-order valence-corrected chi connectivity index (χ0v) is 10.8. The molecule has 1 heterocycles. The lowest BCUT2D eigenvalue weighted by molar-refractivity contribution is -0.0498. The van der Waals surface area contributed by atoms with E-state index in [9.17, 15) is 8.78 Å². The fraction of sp³-hybridized carbons (Fsp3) is 0.357. The number of aromatic amines is 1. The second-order valence-electron chi connectivity index (χ2n) is 4.81. The summed E-state index contributed by atoms with van der Waals surface area (Å²) in [5.41, 5.74) is 1.56. The van der Waals surface area contributed by atoms with Crippen molar-refractivity contribution in [3.8, 4) is 17.0 Å². The van der Waals surface area contributed by atoms with Crippen molar-refractivity contribution in [2.45, 2.75) is 32.0 Å². The largest absolute Gasteiger partial charge is 0.435 e. The molecule has 1 aliphatic carbocycles. The van der Waals surface area contributed by atoms with Crippen molar-refractivity contribution in [3.05, 3.63) is 36.3 Å². The Kier molecular flexibility index (Phi) is 3.64. The molecule has 0 spiro atoms. The second kappa shape index (κ2) is 5.58. The summed E-state index contributed by atoms with van der Waals surface area (Å²) in [5.74, 6) is 0.983. The number of ether oxygens (including phenoxy) is 1. The van der Waals surface area contributed by atoms with Crippen LogP contribution in [0.4, 0.5) is 8.78 Å². The number of imidazole rings is 1. The quantitative estimate of drug-likeness (QED) is 0.854. The summed E-state index contributed by atoms with van der Waals surface area (Å²) in [6, 6.07) is 7.19. The number of aromatic nitrogens is 2. The average molecular weight is 279 g/mol. The first-order valence-corrected chi connectivity index (χ1v) is 6.53. The molecule has 106 valence electrons. The molecule has 0 amide bonds. The number of nitrogens with one attached hydrogen (secondary N) is 2. The highest BCUT2D eigenvalue weighted by Crippen LogP contribution is 2.24. The number of benzene rings is 1. The van der Waals surface area contributed by atoms with E-state index in [0.717, 1.165) is 17.1 Å². The molecule has 0 atom stereocenters. The summed E-state index contributed by atoms with van der Waals surface area (Å²) in [7, 11) is 0. The smallest absolute Gasteiger partial charge is 0.387 e. The van der Waals surface area contributed by atoms with Crippen LogP contribution >= 0.6 is 0 Å². The average Bonchev–Trinajstić information content (AvgIpc) is 3.13. The third-order valence-corrected chi connectivity index (χ3v) is 3.13. The molecule has 2 N–H and O–H groups in total. The van der Waals surface area contributed by atoms with E-state index in [0.29, 0.717) is 12.6 Å². The van der Waals surface area contributed by atoms with E-state index in [4.69, 9.17) is 0 Å². The molecule has 0 saturated heterocycles. The van der Waals surface area contributed by atoms with Crippen molar-refractivity contribution in [1.29, 1.82) is 0 Å². The van der Waals surface area contributed by atoms with Gasteiger partial charge >= 0.3 is 6.61 Å². The summed E-state index contributed by atoms with van der Waals surface area (Å²) >= 11 is 0. The van der Waals surface area contributed by atoms with Gasteiger partial charge in [-0.05, 0) is 25.0 Å². The van der Waals surface area contributed by atoms with Crippen LogP contribution in [0.3, 0.4) is 0 Å². The van der Waals surface area contributed by atoms with Crippen LogP contribution in [0, 0.1) is 0 Å². The van der Waals surface area contributed by atoms with E-state index in [1.807, 2.05) is 6.07 Å². The number of H-pyrrole nitrogens is 1. The van der Waals surface area contributed by atoms with Gasteiger partial charge in [-0.2, -0.15) is 8.78 Å². The number of nitrogens with zero attached hydrogens (tertiary/aromatic N) is 1. The molecule has 3 rings (SSSR count). The van der Waals surface area contributed by atoms with Crippen molar-refractivity contribution in [1.82, 2.24) is 15.3 Å². The lowest BCUT2D eigenvalue weighted by Crippen LogP contribution is -2.16. The Hall–Kier alpha value is -1.95. The van der Waals surface area contributed by atoms with E-state index in [-0.39, 0.29) is 5.75 Å². The number of hydrogen-bond donors (Lipinski definition) is 2. The van der Waals surface area contributed by atoms with Gasteiger partial charge in [-0.15, -0.1) is 0 Å². The number of hydrogen-bond acceptors (Lipinski definition) is 3. The zero-order valence-electron chi connectivity index (χ0n) is 10.8. The SMILES string of the molecule is FC(F)Oc1cccc(-c2cnc(CNC3CC3)[nH]2)c1. The van der Waals surface area contributed by atoms with Crippen molar-refractivity contribution in [3.63, 3.8) is 0 Å². The fourth-order valence-corrected chi connectivity index (χ4v) is 1.97. The van der Waals surface area contributed by atoms with Crippen molar-refractivity contribution in [2.24, 2.45) is 0 Å². The van der Waals surface area contributed by atoms with Gasteiger partial charge in [0.25, 0.3) is 0 Å². The molecule has 0 unspecified atom stereocenters. The minimum Gasteiger partial charge on any atom is -0.435 e.